The lowest BCUT2D eigenvalue weighted by atomic mass is 10.1. The molecule has 0 aliphatic rings. The van der Waals surface area contributed by atoms with Crippen LogP contribution in [0.25, 0.3) is 0 Å². The van der Waals surface area contributed by atoms with Gasteiger partial charge < -0.3 is 10.1 Å². The fourth-order valence-corrected chi connectivity index (χ4v) is 2.14. The molecule has 0 saturated heterocycles. The van der Waals surface area contributed by atoms with Gasteiger partial charge in [0.25, 0.3) is 5.91 Å². The molecule has 0 fully saturated rings. The van der Waals surface area contributed by atoms with Crippen molar-refractivity contribution in [3.8, 4) is 0 Å². The molecule has 126 valence electrons. The van der Waals surface area contributed by atoms with E-state index in [-0.39, 0.29) is 12.3 Å². The first-order valence-corrected chi connectivity index (χ1v) is 7.71. The minimum absolute atomic E-state index is 0.0760. The summed E-state index contributed by atoms with van der Waals surface area (Å²) in [7, 11) is 0. The Morgan fingerprint density at radius 2 is 1.83 bits per heavy atom. The average molecular weight is 329 g/mol. The van der Waals surface area contributed by atoms with Crippen molar-refractivity contribution in [3.05, 3.63) is 71.0 Å². The predicted octanol–water partition coefficient (Wildman–Crippen LogP) is 2.92. The third-order valence-corrected chi connectivity index (χ3v) is 3.50. The van der Waals surface area contributed by atoms with Crippen molar-refractivity contribution in [1.82, 2.24) is 5.32 Å². The van der Waals surface area contributed by atoms with Crippen LogP contribution in [0.2, 0.25) is 0 Å². The van der Waals surface area contributed by atoms with Gasteiger partial charge in [-0.3, -0.25) is 9.59 Å². The molecule has 24 heavy (non-hydrogen) atoms. The van der Waals surface area contributed by atoms with Crippen LogP contribution in [-0.4, -0.2) is 18.0 Å². The Bertz CT molecular complexity index is 713. The fraction of sp³-hybridized carbons (Fsp3) is 0.263. The van der Waals surface area contributed by atoms with E-state index in [1.54, 1.807) is 6.07 Å². The van der Waals surface area contributed by atoms with Crippen molar-refractivity contribution in [2.45, 2.75) is 32.9 Å². The highest BCUT2D eigenvalue weighted by Gasteiger charge is 2.17. The molecule has 1 N–H and O–H groups in total. The Morgan fingerprint density at radius 1 is 1.12 bits per heavy atom. The van der Waals surface area contributed by atoms with Crippen LogP contribution in [0.15, 0.2) is 48.5 Å². The van der Waals surface area contributed by atoms with Gasteiger partial charge >= 0.3 is 5.97 Å². The van der Waals surface area contributed by atoms with Crippen LogP contribution in [0.4, 0.5) is 4.39 Å². The summed E-state index contributed by atoms with van der Waals surface area (Å²) in [5, 5.41) is 2.72. The van der Waals surface area contributed by atoms with Crippen molar-refractivity contribution >= 4 is 11.9 Å². The van der Waals surface area contributed by atoms with E-state index in [4.69, 9.17) is 4.74 Å². The van der Waals surface area contributed by atoms with Crippen LogP contribution in [0, 0.1) is 12.7 Å². The summed E-state index contributed by atoms with van der Waals surface area (Å²) in [6.45, 7) is 3.86. The molecule has 0 radical (unpaired) electrons. The van der Waals surface area contributed by atoms with E-state index in [1.807, 2.05) is 31.2 Å². The van der Waals surface area contributed by atoms with Crippen LogP contribution >= 0.6 is 0 Å². The Morgan fingerprint density at radius 3 is 2.50 bits per heavy atom. The zero-order chi connectivity index (χ0) is 17.5. The molecular weight excluding hydrogens is 309 g/mol. The van der Waals surface area contributed by atoms with Gasteiger partial charge in [-0.25, -0.2) is 4.39 Å². The maximum Gasteiger partial charge on any atom is 0.311 e. The molecule has 0 heterocycles. The van der Waals surface area contributed by atoms with Crippen molar-refractivity contribution in [3.63, 3.8) is 0 Å². The summed E-state index contributed by atoms with van der Waals surface area (Å²) >= 11 is 0. The molecule has 0 bridgehead atoms. The van der Waals surface area contributed by atoms with E-state index in [1.165, 1.54) is 25.1 Å². The van der Waals surface area contributed by atoms with E-state index in [0.29, 0.717) is 12.1 Å². The van der Waals surface area contributed by atoms with Gasteiger partial charge in [-0.15, -0.1) is 0 Å². The van der Waals surface area contributed by atoms with E-state index in [9.17, 15) is 14.0 Å². The highest BCUT2D eigenvalue weighted by Crippen LogP contribution is 2.07. The summed E-state index contributed by atoms with van der Waals surface area (Å²) in [5.74, 6) is -1.36. The number of aryl methyl sites for hydroxylation is 1. The number of carbonyl (C=O) groups excluding carboxylic acids is 2. The van der Waals surface area contributed by atoms with Crippen LogP contribution in [-0.2, 0) is 27.3 Å². The summed E-state index contributed by atoms with van der Waals surface area (Å²) in [4.78, 5) is 23.8. The number of carbonyl (C=O) groups is 2. The summed E-state index contributed by atoms with van der Waals surface area (Å²) in [6.07, 6.45) is -0.982. The van der Waals surface area contributed by atoms with Crippen LogP contribution in [0.5, 0.6) is 0 Å². The lowest BCUT2D eigenvalue weighted by Gasteiger charge is -2.13. The molecule has 2 aromatic rings. The van der Waals surface area contributed by atoms with Crippen molar-refractivity contribution in [1.29, 1.82) is 0 Å². The maximum absolute atomic E-state index is 13.1. The molecule has 1 amide bonds. The largest absolute Gasteiger partial charge is 0.452 e. The highest BCUT2D eigenvalue weighted by molar-refractivity contribution is 5.83. The molecule has 0 aliphatic heterocycles. The topological polar surface area (TPSA) is 55.4 Å². The average Bonchev–Trinajstić information content (AvgIpc) is 2.53. The van der Waals surface area contributed by atoms with Gasteiger partial charge in [-0.05, 0) is 37.1 Å². The Labute approximate surface area is 140 Å². The summed E-state index contributed by atoms with van der Waals surface area (Å²) in [5.41, 5.74) is 2.62. The minimum atomic E-state index is -0.906. The second-order valence-corrected chi connectivity index (χ2v) is 5.64. The normalized spacial score (nSPS) is 11.6. The Hall–Kier alpha value is -2.69. The standard InChI is InChI=1S/C19H20FNO3/c1-13-6-8-15(9-7-13)12-21-19(23)14(2)24-18(22)11-16-4-3-5-17(20)10-16/h3-10,14H,11-12H2,1-2H3,(H,21,23)/t14-/m0/s1. The number of esters is 1. The van der Waals surface area contributed by atoms with Gasteiger partial charge in [0.15, 0.2) is 6.10 Å². The number of halogens is 1. The summed E-state index contributed by atoms with van der Waals surface area (Å²) < 4.78 is 18.2. The monoisotopic (exact) mass is 329 g/mol. The second kappa shape index (κ2) is 8.24. The highest BCUT2D eigenvalue weighted by atomic mass is 19.1. The second-order valence-electron chi connectivity index (χ2n) is 5.64. The van der Waals surface area contributed by atoms with E-state index in [2.05, 4.69) is 5.32 Å². The summed E-state index contributed by atoms with van der Waals surface area (Å²) in [6, 6.07) is 13.5. The molecule has 0 saturated carbocycles. The van der Waals surface area contributed by atoms with Crippen molar-refractivity contribution in [2.75, 3.05) is 0 Å². The molecule has 0 spiro atoms. The van der Waals surface area contributed by atoms with E-state index >= 15 is 0 Å². The van der Waals surface area contributed by atoms with Crippen molar-refractivity contribution < 1.29 is 18.7 Å². The van der Waals surface area contributed by atoms with Gasteiger partial charge in [0, 0.05) is 6.54 Å². The Balaban J connectivity index is 1.80. The Kier molecular flexibility index (Phi) is 6.07. The van der Waals surface area contributed by atoms with Gasteiger partial charge in [0.05, 0.1) is 6.42 Å². The predicted molar refractivity (Wildman–Crippen MR) is 88.7 cm³/mol. The van der Waals surface area contributed by atoms with Gasteiger partial charge in [0.1, 0.15) is 5.82 Å². The van der Waals surface area contributed by atoms with Crippen LogP contribution in [0.3, 0.4) is 0 Å². The minimum Gasteiger partial charge on any atom is -0.452 e. The molecular formula is C19H20FNO3. The zero-order valence-corrected chi connectivity index (χ0v) is 13.7. The molecule has 0 aliphatic carbocycles. The number of amides is 1. The van der Waals surface area contributed by atoms with Gasteiger partial charge in [0.2, 0.25) is 0 Å². The van der Waals surface area contributed by atoms with E-state index in [0.717, 1.165) is 11.1 Å². The lowest BCUT2D eigenvalue weighted by molar-refractivity contribution is -0.154. The number of ether oxygens (including phenoxy) is 1. The lowest BCUT2D eigenvalue weighted by Crippen LogP contribution is -2.35. The number of rotatable bonds is 6. The smallest absolute Gasteiger partial charge is 0.311 e. The third kappa shape index (κ3) is 5.50. The first-order valence-electron chi connectivity index (χ1n) is 7.71. The fourth-order valence-electron chi connectivity index (χ4n) is 2.14. The van der Waals surface area contributed by atoms with Gasteiger partial charge in [-0.2, -0.15) is 0 Å². The number of hydrogen-bond acceptors (Lipinski definition) is 3. The number of hydrogen-bond donors (Lipinski definition) is 1. The molecule has 5 heteroatoms. The number of benzene rings is 2. The SMILES string of the molecule is Cc1ccc(CNC(=O)[C@H](C)OC(=O)Cc2cccc(F)c2)cc1. The van der Waals surface area contributed by atoms with Gasteiger partial charge in [-0.1, -0.05) is 42.0 Å². The van der Waals surface area contributed by atoms with Crippen LogP contribution in [0.1, 0.15) is 23.6 Å². The molecule has 4 nitrogen and oxygen atoms in total. The molecule has 2 rings (SSSR count). The maximum atomic E-state index is 13.1. The molecule has 0 unspecified atom stereocenters. The first-order chi connectivity index (χ1) is 11.4. The van der Waals surface area contributed by atoms with Crippen LogP contribution < -0.4 is 5.32 Å². The van der Waals surface area contributed by atoms with E-state index < -0.39 is 17.9 Å². The number of nitrogens with one attached hydrogen (secondary N) is 1. The molecule has 1 atom stereocenters. The van der Waals surface area contributed by atoms with Crippen molar-refractivity contribution in [2.24, 2.45) is 0 Å². The molecule has 2 aromatic carbocycles. The third-order valence-electron chi connectivity index (χ3n) is 3.50. The molecule has 0 aromatic heterocycles. The first kappa shape index (κ1) is 17.7. The zero-order valence-electron chi connectivity index (χ0n) is 13.7. The quantitative estimate of drug-likeness (QED) is 0.829.